The van der Waals surface area contributed by atoms with Gasteiger partial charge in [-0.1, -0.05) is 0 Å². The van der Waals surface area contributed by atoms with Gasteiger partial charge in [-0.05, 0) is 13.0 Å². The van der Waals surface area contributed by atoms with E-state index >= 15 is 0 Å². The Balaban J connectivity index is 2.14. The summed E-state index contributed by atoms with van der Waals surface area (Å²) >= 11 is 0. The van der Waals surface area contributed by atoms with Gasteiger partial charge in [-0.15, -0.1) is 10.2 Å². The maximum absolute atomic E-state index is 5.49. The lowest BCUT2D eigenvalue weighted by molar-refractivity contribution is 0.716. The predicted octanol–water partition coefficient (Wildman–Crippen LogP) is 0.360. The molecule has 0 radical (unpaired) electrons. The van der Waals surface area contributed by atoms with Gasteiger partial charge in [0.25, 0.3) is 0 Å². The highest BCUT2D eigenvalue weighted by atomic mass is 15.3. The molecule has 2 aromatic heterocycles. The van der Waals surface area contributed by atoms with Crippen LogP contribution >= 0.6 is 0 Å². The summed E-state index contributed by atoms with van der Waals surface area (Å²) in [6.45, 7) is 1.97. The zero-order valence-corrected chi connectivity index (χ0v) is 9.12. The Kier molecular flexibility index (Phi) is 2.67. The molecule has 2 rings (SSSR count). The maximum Gasteiger partial charge on any atom is 0.221 e. The first-order valence-corrected chi connectivity index (χ1v) is 4.86. The van der Waals surface area contributed by atoms with Gasteiger partial charge in [0.05, 0.1) is 6.04 Å². The molecule has 0 saturated carbocycles. The first-order chi connectivity index (χ1) is 7.66. The minimum absolute atomic E-state index is 0.00167. The Morgan fingerprint density at radius 3 is 2.94 bits per heavy atom. The SMILES string of the molecule is CC(Nc1ccnc(N)n1)c1nncn1C. The number of nitrogens with zero attached hydrogens (tertiary/aromatic N) is 5. The van der Waals surface area contributed by atoms with Crippen molar-refractivity contribution in [1.29, 1.82) is 0 Å². The van der Waals surface area contributed by atoms with E-state index in [9.17, 15) is 0 Å². The highest BCUT2D eigenvalue weighted by Gasteiger charge is 2.11. The Hall–Kier alpha value is -2.18. The van der Waals surface area contributed by atoms with Crippen LogP contribution in [0, 0.1) is 0 Å². The first kappa shape index (κ1) is 10.3. The third-order valence-corrected chi connectivity index (χ3v) is 2.17. The Bertz CT molecular complexity index is 478. The van der Waals surface area contributed by atoms with E-state index in [1.165, 1.54) is 0 Å². The van der Waals surface area contributed by atoms with Crippen LogP contribution in [-0.2, 0) is 7.05 Å². The molecule has 0 aromatic carbocycles. The lowest BCUT2D eigenvalue weighted by Crippen LogP contribution is -2.13. The van der Waals surface area contributed by atoms with Crippen LogP contribution in [0.15, 0.2) is 18.6 Å². The summed E-state index contributed by atoms with van der Waals surface area (Å²) in [5, 5.41) is 11.0. The number of nitrogen functional groups attached to an aromatic ring is 1. The number of aromatic nitrogens is 5. The van der Waals surface area contributed by atoms with E-state index in [0.717, 1.165) is 5.82 Å². The van der Waals surface area contributed by atoms with Gasteiger partial charge in [-0.3, -0.25) is 0 Å². The molecule has 0 aliphatic carbocycles. The van der Waals surface area contributed by atoms with Crippen LogP contribution in [-0.4, -0.2) is 24.7 Å². The lowest BCUT2D eigenvalue weighted by Gasteiger charge is -2.13. The molecule has 0 spiro atoms. The smallest absolute Gasteiger partial charge is 0.221 e. The summed E-state index contributed by atoms with van der Waals surface area (Å²) in [7, 11) is 1.89. The van der Waals surface area contributed by atoms with Gasteiger partial charge >= 0.3 is 0 Å². The number of rotatable bonds is 3. The summed E-state index contributed by atoms with van der Waals surface area (Å²) in [6, 6.07) is 1.75. The third-order valence-electron chi connectivity index (χ3n) is 2.17. The molecule has 0 aliphatic heterocycles. The van der Waals surface area contributed by atoms with Gasteiger partial charge < -0.3 is 15.6 Å². The lowest BCUT2D eigenvalue weighted by atomic mass is 10.3. The highest BCUT2D eigenvalue weighted by molar-refractivity contribution is 5.38. The Labute approximate surface area is 92.7 Å². The summed E-state index contributed by atoms with van der Waals surface area (Å²) in [6.07, 6.45) is 3.26. The molecule has 0 saturated heterocycles. The molecule has 0 fully saturated rings. The van der Waals surface area contributed by atoms with E-state index in [4.69, 9.17) is 5.73 Å². The molecule has 7 heteroatoms. The van der Waals surface area contributed by atoms with Crippen molar-refractivity contribution in [3.8, 4) is 0 Å². The highest BCUT2D eigenvalue weighted by Crippen LogP contribution is 2.14. The number of nitrogens with one attached hydrogen (secondary N) is 1. The molecule has 7 nitrogen and oxygen atoms in total. The van der Waals surface area contributed by atoms with Crippen LogP contribution in [0.4, 0.5) is 11.8 Å². The van der Waals surface area contributed by atoms with E-state index < -0.39 is 0 Å². The van der Waals surface area contributed by atoms with E-state index in [-0.39, 0.29) is 12.0 Å². The largest absolute Gasteiger partial charge is 0.368 e. The molecule has 0 aliphatic rings. The van der Waals surface area contributed by atoms with Crippen molar-refractivity contribution in [2.24, 2.45) is 7.05 Å². The van der Waals surface area contributed by atoms with Crippen LogP contribution in [0.3, 0.4) is 0 Å². The van der Waals surface area contributed by atoms with Crippen molar-refractivity contribution in [2.45, 2.75) is 13.0 Å². The fourth-order valence-corrected chi connectivity index (χ4v) is 1.42. The summed E-state index contributed by atoms with van der Waals surface area (Å²) < 4.78 is 1.85. The summed E-state index contributed by atoms with van der Waals surface area (Å²) in [5.41, 5.74) is 5.49. The Morgan fingerprint density at radius 2 is 2.31 bits per heavy atom. The van der Waals surface area contributed by atoms with Gasteiger partial charge in [0.2, 0.25) is 5.95 Å². The van der Waals surface area contributed by atoms with E-state index in [1.807, 2.05) is 18.5 Å². The van der Waals surface area contributed by atoms with Crippen LogP contribution in [0.25, 0.3) is 0 Å². The van der Waals surface area contributed by atoms with Gasteiger partial charge in [0.1, 0.15) is 12.1 Å². The molecular weight excluding hydrogens is 206 g/mol. The zero-order chi connectivity index (χ0) is 11.5. The first-order valence-electron chi connectivity index (χ1n) is 4.86. The second-order valence-electron chi connectivity index (χ2n) is 3.47. The number of aryl methyl sites for hydroxylation is 1. The van der Waals surface area contributed by atoms with Crippen molar-refractivity contribution in [1.82, 2.24) is 24.7 Å². The zero-order valence-electron chi connectivity index (χ0n) is 9.12. The summed E-state index contributed by atoms with van der Waals surface area (Å²) in [5.74, 6) is 1.75. The van der Waals surface area contributed by atoms with Crippen molar-refractivity contribution in [3.63, 3.8) is 0 Å². The molecule has 3 N–H and O–H groups in total. The van der Waals surface area contributed by atoms with Crippen LogP contribution in [0.5, 0.6) is 0 Å². The molecule has 0 amide bonds. The molecule has 2 heterocycles. The fourth-order valence-electron chi connectivity index (χ4n) is 1.42. The van der Waals surface area contributed by atoms with E-state index in [0.29, 0.717) is 5.82 Å². The van der Waals surface area contributed by atoms with Crippen LogP contribution in [0.1, 0.15) is 18.8 Å². The predicted molar refractivity (Wildman–Crippen MR) is 59.5 cm³/mol. The van der Waals surface area contributed by atoms with Crippen molar-refractivity contribution >= 4 is 11.8 Å². The minimum Gasteiger partial charge on any atom is -0.368 e. The number of hydrogen-bond donors (Lipinski definition) is 2. The molecule has 84 valence electrons. The van der Waals surface area contributed by atoms with Gasteiger partial charge in [0, 0.05) is 13.2 Å². The second kappa shape index (κ2) is 4.13. The van der Waals surface area contributed by atoms with Gasteiger partial charge in [-0.2, -0.15) is 4.98 Å². The topological polar surface area (TPSA) is 94.5 Å². The van der Waals surface area contributed by atoms with Crippen LogP contribution < -0.4 is 11.1 Å². The maximum atomic E-state index is 5.49. The molecule has 1 unspecified atom stereocenters. The average Bonchev–Trinajstić information content (AvgIpc) is 2.64. The van der Waals surface area contributed by atoms with Crippen molar-refractivity contribution < 1.29 is 0 Å². The van der Waals surface area contributed by atoms with Gasteiger partial charge in [-0.25, -0.2) is 4.98 Å². The molecule has 0 bridgehead atoms. The normalized spacial score (nSPS) is 12.4. The van der Waals surface area contributed by atoms with Crippen molar-refractivity contribution in [2.75, 3.05) is 11.1 Å². The molecular formula is C9H13N7. The van der Waals surface area contributed by atoms with Gasteiger partial charge in [0.15, 0.2) is 5.82 Å². The monoisotopic (exact) mass is 219 g/mol. The Morgan fingerprint density at radius 1 is 1.50 bits per heavy atom. The molecule has 16 heavy (non-hydrogen) atoms. The summed E-state index contributed by atoms with van der Waals surface area (Å²) in [4.78, 5) is 7.87. The second-order valence-corrected chi connectivity index (χ2v) is 3.47. The van der Waals surface area contributed by atoms with Crippen molar-refractivity contribution in [3.05, 3.63) is 24.4 Å². The minimum atomic E-state index is 0.00167. The number of anilines is 2. The molecule has 1 atom stereocenters. The van der Waals surface area contributed by atoms with Crippen LogP contribution in [0.2, 0.25) is 0 Å². The quantitative estimate of drug-likeness (QED) is 0.774. The average molecular weight is 219 g/mol. The number of nitrogens with two attached hydrogens (primary N) is 1. The standard InChI is InChI=1S/C9H13N7/c1-6(8-15-12-5-16(8)2)13-7-3-4-11-9(10)14-7/h3-6H,1-2H3,(H3,10,11,13,14). The third kappa shape index (κ3) is 2.08. The fraction of sp³-hybridized carbons (Fsp3) is 0.333. The number of hydrogen-bond acceptors (Lipinski definition) is 6. The molecule has 2 aromatic rings. The van der Waals surface area contributed by atoms with E-state index in [1.54, 1.807) is 18.6 Å². The van der Waals surface area contributed by atoms with E-state index in [2.05, 4.69) is 25.5 Å².